The van der Waals surface area contributed by atoms with E-state index in [2.05, 4.69) is 25.9 Å². The Bertz CT molecular complexity index is 610. The zero-order valence-electron chi connectivity index (χ0n) is 12.8. The Morgan fingerprint density at radius 3 is 2.29 bits per heavy atom. The zero-order valence-corrected chi connectivity index (χ0v) is 12.8. The van der Waals surface area contributed by atoms with Crippen LogP contribution >= 0.6 is 0 Å². The predicted octanol–water partition coefficient (Wildman–Crippen LogP) is 4.17. The Morgan fingerprint density at radius 1 is 1.19 bits per heavy atom. The van der Waals surface area contributed by atoms with Gasteiger partial charge in [0.25, 0.3) is 0 Å². The monoisotopic (exact) mass is 286 g/mol. The van der Waals surface area contributed by atoms with E-state index >= 15 is 0 Å². The number of aromatic nitrogens is 2. The molecule has 2 rings (SSSR count). The Morgan fingerprint density at radius 2 is 1.81 bits per heavy atom. The molecule has 2 aromatic rings. The Hall–Kier alpha value is -2.10. The average Bonchev–Trinajstić information content (AvgIpc) is 2.94. The van der Waals surface area contributed by atoms with Crippen molar-refractivity contribution < 1.29 is 9.90 Å². The van der Waals surface area contributed by atoms with Gasteiger partial charge in [0.2, 0.25) is 0 Å². The molecule has 0 spiro atoms. The molecule has 0 atom stereocenters. The molecule has 21 heavy (non-hydrogen) atoms. The topological polar surface area (TPSA) is 55.1 Å². The van der Waals surface area contributed by atoms with Crippen molar-refractivity contribution in [2.75, 3.05) is 0 Å². The zero-order chi connectivity index (χ0) is 15.4. The van der Waals surface area contributed by atoms with E-state index in [-0.39, 0.29) is 11.6 Å². The molecule has 0 saturated heterocycles. The fourth-order valence-electron chi connectivity index (χ4n) is 2.51. The van der Waals surface area contributed by atoms with Gasteiger partial charge < -0.3 is 5.11 Å². The van der Waals surface area contributed by atoms with Gasteiger partial charge in [-0.15, -0.1) is 0 Å². The van der Waals surface area contributed by atoms with E-state index in [1.807, 2.05) is 24.3 Å². The molecule has 1 aromatic heterocycles. The molecule has 0 radical (unpaired) electrons. The summed E-state index contributed by atoms with van der Waals surface area (Å²) < 4.78 is 1.80. The molecular formula is C17H22N2O2. The van der Waals surface area contributed by atoms with E-state index in [9.17, 15) is 9.90 Å². The van der Waals surface area contributed by atoms with Gasteiger partial charge in [-0.3, -0.25) is 4.68 Å². The van der Waals surface area contributed by atoms with Crippen LogP contribution in [0.25, 0.3) is 11.3 Å². The molecular weight excluding hydrogens is 264 g/mol. The number of hydrogen-bond donors (Lipinski definition) is 1. The minimum atomic E-state index is -0.929. The molecule has 0 aliphatic rings. The smallest absolute Gasteiger partial charge is 0.339 e. The average molecular weight is 286 g/mol. The fraction of sp³-hybridized carbons (Fsp3) is 0.412. The van der Waals surface area contributed by atoms with Crippen LogP contribution in [0.5, 0.6) is 0 Å². The number of aromatic carboxylic acids is 1. The van der Waals surface area contributed by atoms with Gasteiger partial charge in [0.05, 0.1) is 6.04 Å². The van der Waals surface area contributed by atoms with Crippen molar-refractivity contribution in [1.29, 1.82) is 0 Å². The van der Waals surface area contributed by atoms with Gasteiger partial charge in [-0.05, 0) is 24.8 Å². The van der Waals surface area contributed by atoms with Gasteiger partial charge in [-0.25, -0.2) is 4.79 Å². The van der Waals surface area contributed by atoms with Crippen LogP contribution in [0, 0.1) is 0 Å². The Labute approximate surface area is 125 Å². The molecule has 0 saturated carbocycles. The third-order valence-electron chi connectivity index (χ3n) is 3.91. The summed E-state index contributed by atoms with van der Waals surface area (Å²) in [6.07, 6.45) is 4.49. The summed E-state index contributed by atoms with van der Waals surface area (Å²) in [5, 5.41) is 13.9. The van der Waals surface area contributed by atoms with Crippen molar-refractivity contribution in [2.45, 2.75) is 46.1 Å². The van der Waals surface area contributed by atoms with Crippen molar-refractivity contribution in [2.24, 2.45) is 0 Å². The molecule has 1 N–H and O–H groups in total. The van der Waals surface area contributed by atoms with Gasteiger partial charge in [0.1, 0.15) is 11.3 Å². The van der Waals surface area contributed by atoms with Crippen molar-refractivity contribution in [1.82, 2.24) is 9.78 Å². The first-order chi connectivity index (χ1) is 10.1. The van der Waals surface area contributed by atoms with Crippen LogP contribution < -0.4 is 0 Å². The fourth-order valence-corrected chi connectivity index (χ4v) is 2.51. The molecule has 4 heteroatoms. The van der Waals surface area contributed by atoms with Crippen LogP contribution in [0.1, 0.15) is 55.6 Å². The number of nitrogens with zero attached hydrogens (tertiary/aromatic N) is 2. The van der Waals surface area contributed by atoms with E-state index in [1.54, 1.807) is 10.9 Å². The van der Waals surface area contributed by atoms with Crippen LogP contribution in [0.2, 0.25) is 0 Å². The summed E-state index contributed by atoms with van der Waals surface area (Å²) in [4.78, 5) is 11.5. The lowest BCUT2D eigenvalue weighted by atomic mass is 10.1. The summed E-state index contributed by atoms with van der Waals surface area (Å²) >= 11 is 0. The molecule has 0 amide bonds. The largest absolute Gasteiger partial charge is 0.478 e. The van der Waals surface area contributed by atoms with Gasteiger partial charge in [0, 0.05) is 11.8 Å². The maximum atomic E-state index is 11.5. The maximum Gasteiger partial charge on any atom is 0.339 e. The van der Waals surface area contributed by atoms with Gasteiger partial charge in [-0.2, -0.15) is 5.10 Å². The first-order valence-electron chi connectivity index (χ1n) is 7.52. The van der Waals surface area contributed by atoms with Crippen molar-refractivity contribution >= 4 is 5.97 Å². The highest BCUT2D eigenvalue weighted by Crippen LogP contribution is 2.26. The van der Waals surface area contributed by atoms with Gasteiger partial charge in [-0.1, -0.05) is 45.0 Å². The summed E-state index contributed by atoms with van der Waals surface area (Å²) in [7, 11) is 0. The molecule has 1 aromatic carbocycles. The lowest BCUT2D eigenvalue weighted by Gasteiger charge is -2.12. The van der Waals surface area contributed by atoms with E-state index in [1.165, 1.54) is 5.56 Å². The van der Waals surface area contributed by atoms with E-state index in [0.717, 1.165) is 24.8 Å². The normalized spacial score (nSPS) is 11.0. The third-order valence-corrected chi connectivity index (χ3v) is 3.91. The Balaban J connectivity index is 2.47. The molecule has 0 aliphatic heterocycles. The lowest BCUT2D eigenvalue weighted by Crippen LogP contribution is -2.07. The molecule has 0 unspecified atom stereocenters. The molecule has 4 nitrogen and oxygen atoms in total. The first-order valence-corrected chi connectivity index (χ1v) is 7.52. The number of carboxylic acids is 1. The summed E-state index contributed by atoms with van der Waals surface area (Å²) in [5.41, 5.74) is 2.91. The van der Waals surface area contributed by atoms with Crippen LogP contribution in [0.15, 0.2) is 30.5 Å². The first kappa shape index (κ1) is 15.3. The Kier molecular flexibility index (Phi) is 4.78. The molecule has 112 valence electrons. The van der Waals surface area contributed by atoms with Crippen LogP contribution in [-0.2, 0) is 6.42 Å². The minimum absolute atomic E-state index is 0.242. The second-order valence-corrected chi connectivity index (χ2v) is 5.20. The number of carboxylic acid groups (broad SMARTS) is 1. The van der Waals surface area contributed by atoms with E-state index in [0.29, 0.717) is 5.69 Å². The minimum Gasteiger partial charge on any atom is -0.478 e. The number of carbonyl (C=O) groups is 1. The molecule has 0 fully saturated rings. The SMILES string of the molecule is CCc1ccc(-c2nn(C(CC)CC)cc2C(=O)O)cc1. The highest BCUT2D eigenvalue weighted by Gasteiger charge is 2.19. The van der Waals surface area contributed by atoms with Gasteiger partial charge in [0.15, 0.2) is 0 Å². The van der Waals surface area contributed by atoms with E-state index in [4.69, 9.17) is 0 Å². The predicted molar refractivity (Wildman–Crippen MR) is 83.6 cm³/mol. The quantitative estimate of drug-likeness (QED) is 0.867. The third kappa shape index (κ3) is 3.15. The van der Waals surface area contributed by atoms with Gasteiger partial charge >= 0.3 is 5.97 Å². The molecule has 0 bridgehead atoms. The standard InChI is InChI=1S/C17H22N2O2/c1-4-12-7-9-13(10-8-12)16-15(17(20)21)11-19(18-16)14(5-2)6-3/h7-11,14H,4-6H2,1-3H3,(H,20,21). The van der Waals surface area contributed by atoms with Crippen LogP contribution in [-0.4, -0.2) is 20.9 Å². The van der Waals surface area contributed by atoms with Crippen LogP contribution in [0.4, 0.5) is 0 Å². The highest BCUT2D eigenvalue weighted by atomic mass is 16.4. The summed E-state index contributed by atoms with van der Waals surface area (Å²) in [6, 6.07) is 8.19. The molecule has 1 heterocycles. The maximum absolute atomic E-state index is 11.5. The number of rotatable bonds is 6. The number of hydrogen-bond acceptors (Lipinski definition) is 2. The number of benzene rings is 1. The van der Waals surface area contributed by atoms with E-state index < -0.39 is 5.97 Å². The summed E-state index contributed by atoms with van der Waals surface area (Å²) in [6.45, 7) is 6.28. The second-order valence-electron chi connectivity index (χ2n) is 5.20. The van der Waals surface area contributed by atoms with Crippen molar-refractivity contribution in [3.05, 3.63) is 41.6 Å². The lowest BCUT2D eigenvalue weighted by molar-refractivity contribution is 0.0697. The second kappa shape index (κ2) is 6.57. The molecule has 0 aliphatic carbocycles. The van der Waals surface area contributed by atoms with Crippen molar-refractivity contribution in [3.63, 3.8) is 0 Å². The summed E-state index contributed by atoms with van der Waals surface area (Å²) in [5.74, 6) is -0.929. The van der Waals surface area contributed by atoms with Crippen molar-refractivity contribution in [3.8, 4) is 11.3 Å². The number of aryl methyl sites for hydroxylation is 1. The highest BCUT2D eigenvalue weighted by molar-refractivity contribution is 5.94. The van der Waals surface area contributed by atoms with Crippen LogP contribution in [0.3, 0.4) is 0 Å².